The van der Waals surface area contributed by atoms with Gasteiger partial charge in [0.05, 0.1) is 0 Å². The van der Waals surface area contributed by atoms with Gasteiger partial charge in [0.15, 0.2) is 0 Å². The van der Waals surface area contributed by atoms with Crippen LogP contribution in [0.25, 0.3) is 0 Å². The average molecular weight is 247 g/mol. The van der Waals surface area contributed by atoms with Crippen molar-refractivity contribution in [3.8, 4) is 0 Å². The average Bonchev–Trinajstić information content (AvgIpc) is 2.40. The largest absolute Gasteiger partial charge is 0.366 e. The zero-order chi connectivity index (χ0) is 13.0. The molecule has 1 aliphatic rings. The molecule has 0 aliphatic carbocycles. The highest BCUT2D eigenvalue weighted by molar-refractivity contribution is 5.99. The highest BCUT2D eigenvalue weighted by atomic mass is 16.2. The molecule has 4 N–H and O–H groups in total. The smallest absolute Gasteiger partial charge is 0.251 e. The van der Waals surface area contributed by atoms with Crippen molar-refractivity contribution in [1.29, 1.82) is 0 Å². The van der Waals surface area contributed by atoms with E-state index in [-0.39, 0.29) is 11.9 Å². The number of hydrogen-bond donors (Lipinski definition) is 3. The van der Waals surface area contributed by atoms with E-state index in [9.17, 15) is 9.59 Å². The zero-order valence-corrected chi connectivity index (χ0v) is 10.1. The van der Waals surface area contributed by atoms with E-state index in [1.54, 1.807) is 18.2 Å². The SMILES string of the molecule is NC(=O)c1cccc(C(=O)N[C@@H]2CCCNC2)c1. The van der Waals surface area contributed by atoms with Crippen LogP contribution < -0.4 is 16.4 Å². The van der Waals surface area contributed by atoms with Crippen molar-refractivity contribution < 1.29 is 9.59 Å². The van der Waals surface area contributed by atoms with Gasteiger partial charge in [-0.3, -0.25) is 9.59 Å². The molecule has 2 amide bonds. The Bertz CT molecular complexity index is 453. The molecule has 0 spiro atoms. The molecule has 1 heterocycles. The van der Waals surface area contributed by atoms with E-state index < -0.39 is 5.91 Å². The van der Waals surface area contributed by atoms with E-state index in [1.165, 1.54) is 6.07 Å². The fourth-order valence-electron chi connectivity index (χ4n) is 2.06. The number of primary amides is 1. The van der Waals surface area contributed by atoms with Crippen molar-refractivity contribution in [1.82, 2.24) is 10.6 Å². The Morgan fingerprint density at radius 1 is 1.33 bits per heavy atom. The Hall–Kier alpha value is -1.88. The standard InChI is InChI=1S/C13H17N3O2/c14-12(17)9-3-1-4-10(7-9)13(18)16-11-5-2-6-15-8-11/h1,3-4,7,11,15H,2,5-6,8H2,(H2,14,17)(H,16,18)/t11-/m1/s1. The summed E-state index contributed by atoms with van der Waals surface area (Å²) in [5.41, 5.74) is 6.01. The normalized spacial score (nSPS) is 19.2. The lowest BCUT2D eigenvalue weighted by Crippen LogP contribution is -2.45. The Morgan fingerprint density at radius 3 is 2.78 bits per heavy atom. The minimum Gasteiger partial charge on any atom is -0.366 e. The predicted octanol–water partition coefficient (Wildman–Crippen LogP) is 0.267. The Balaban J connectivity index is 2.03. The monoisotopic (exact) mass is 247 g/mol. The highest BCUT2D eigenvalue weighted by Crippen LogP contribution is 2.07. The second-order valence-electron chi connectivity index (χ2n) is 4.46. The van der Waals surface area contributed by atoms with Gasteiger partial charge in [0, 0.05) is 23.7 Å². The van der Waals surface area contributed by atoms with Gasteiger partial charge in [-0.25, -0.2) is 0 Å². The van der Waals surface area contributed by atoms with E-state index in [1.807, 2.05) is 0 Å². The first-order valence-corrected chi connectivity index (χ1v) is 6.08. The van der Waals surface area contributed by atoms with Crippen LogP contribution in [0.1, 0.15) is 33.6 Å². The molecule has 18 heavy (non-hydrogen) atoms. The molecule has 5 nitrogen and oxygen atoms in total. The molecular weight excluding hydrogens is 230 g/mol. The summed E-state index contributed by atoms with van der Waals surface area (Å²) in [6.45, 7) is 1.80. The van der Waals surface area contributed by atoms with Crippen LogP contribution in [0.4, 0.5) is 0 Å². The molecule has 2 rings (SSSR count). The number of piperidine rings is 1. The number of nitrogens with one attached hydrogen (secondary N) is 2. The molecule has 0 unspecified atom stereocenters. The van der Waals surface area contributed by atoms with Gasteiger partial charge in [-0.15, -0.1) is 0 Å². The number of rotatable bonds is 3. The molecule has 1 aliphatic heterocycles. The van der Waals surface area contributed by atoms with Gasteiger partial charge < -0.3 is 16.4 Å². The van der Waals surface area contributed by atoms with Gasteiger partial charge in [-0.2, -0.15) is 0 Å². The minimum absolute atomic E-state index is 0.156. The van der Waals surface area contributed by atoms with Crippen LogP contribution in [0, 0.1) is 0 Å². The van der Waals surface area contributed by atoms with Gasteiger partial charge in [-0.05, 0) is 37.6 Å². The fourth-order valence-corrected chi connectivity index (χ4v) is 2.06. The molecular formula is C13H17N3O2. The summed E-state index contributed by atoms with van der Waals surface area (Å²) >= 11 is 0. The minimum atomic E-state index is -0.524. The first-order chi connectivity index (χ1) is 8.66. The van der Waals surface area contributed by atoms with Crippen molar-refractivity contribution in [3.63, 3.8) is 0 Å². The molecule has 1 saturated heterocycles. The lowest BCUT2D eigenvalue weighted by atomic mass is 10.1. The molecule has 0 bridgehead atoms. The van der Waals surface area contributed by atoms with Gasteiger partial charge >= 0.3 is 0 Å². The first kappa shape index (κ1) is 12.6. The van der Waals surface area contributed by atoms with Crippen molar-refractivity contribution in [3.05, 3.63) is 35.4 Å². The lowest BCUT2D eigenvalue weighted by Gasteiger charge is -2.23. The van der Waals surface area contributed by atoms with Crippen LogP contribution >= 0.6 is 0 Å². The second-order valence-corrected chi connectivity index (χ2v) is 4.46. The van der Waals surface area contributed by atoms with Gasteiger partial charge in [0.2, 0.25) is 5.91 Å². The molecule has 1 fully saturated rings. The second kappa shape index (κ2) is 5.64. The zero-order valence-electron chi connectivity index (χ0n) is 10.1. The molecule has 96 valence electrons. The number of carbonyl (C=O) groups excluding carboxylic acids is 2. The molecule has 1 atom stereocenters. The molecule has 1 aromatic carbocycles. The number of hydrogen-bond acceptors (Lipinski definition) is 3. The van der Waals surface area contributed by atoms with E-state index in [2.05, 4.69) is 10.6 Å². The van der Waals surface area contributed by atoms with Gasteiger partial charge in [0.25, 0.3) is 5.91 Å². The summed E-state index contributed by atoms with van der Waals surface area (Å²) in [4.78, 5) is 23.0. The maximum absolute atomic E-state index is 12.0. The number of nitrogens with two attached hydrogens (primary N) is 1. The van der Waals surface area contributed by atoms with Crippen LogP contribution in [-0.2, 0) is 0 Å². The molecule has 0 radical (unpaired) electrons. The third kappa shape index (κ3) is 3.07. The van der Waals surface area contributed by atoms with Crippen LogP contribution in [0.3, 0.4) is 0 Å². The fraction of sp³-hybridized carbons (Fsp3) is 0.385. The summed E-state index contributed by atoms with van der Waals surface area (Å²) < 4.78 is 0. The third-order valence-corrected chi connectivity index (χ3v) is 3.04. The van der Waals surface area contributed by atoms with E-state index >= 15 is 0 Å². The van der Waals surface area contributed by atoms with Crippen molar-refractivity contribution >= 4 is 11.8 Å². The predicted molar refractivity (Wildman–Crippen MR) is 68.3 cm³/mol. The van der Waals surface area contributed by atoms with Crippen molar-refractivity contribution in [2.75, 3.05) is 13.1 Å². The summed E-state index contributed by atoms with van der Waals surface area (Å²) in [6.07, 6.45) is 2.04. The van der Waals surface area contributed by atoms with Crippen molar-refractivity contribution in [2.45, 2.75) is 18.9 Å². The number of amides is 2. The van der Waals surface area contributed by atoms with Gasteiger partial charge in [-0.1, -0.05) is 6.07 Å². The lowest BCUT2D eigenvalue weighted by molar-refractivity contribution is 0.0930. The summed E-state index contributed by atoms with van der Waals surface area (Å²) in [7, 11) is 0. The first-order valence-electron chi connectivity index (χ1n) is 6.08. The highest BCUT2D eigenvalue weighted by Gasteiger charge is 2.16. The topological polar surface area (TPSA) is 84.2 Å². The molecule has 0 aromatic heterocycles. The number of carbonyl (C=O) groups is 2. The van der Waals surface area contributed by atoms with Crippen LogP contribution in [0.2, 0.25) is 0 Å². The maximum atomic E-state index is 12.0. The third-order valence-electron chi connectivity index (χ3n) is 3.04. The van der Waals surface area contributed by atoms with Crippen LogP contribution in [-0.4, -0.2) is 30.9 Å². The van der Waals surface area contributed by atoms with E-state index in [0.29, 0.717) is 11.1 Å². The van der Waals surface area contributed by atoms with Crippen LogP contribution in [0.15, 0.2) is 24.3 Å². The summed E-state index contributed by atoms with van der Waals surface area (Å²) in [6, 6.07) is 6.62. The molecule has 1 aromatic rings. The Kier molecular flexibility index (Phi) is 3.94. The van der Waals surface area contributed by atoms with Crippen LogP contribution in [0.5, 0.6) is 0 Å². The van der Waals surface area contributed by atoms with Crippen molar-refractivity contribution in [2.24, 2.45) is 5.73 Å². The van der Waals surface area contributed by atoms with E-state index in [0.717, 1.165) is 25.9 Å². The summed E-state index contributed by atoms with van der Waals surface area (Å²) in [5.74, 6) is -0.684. The molecule has 5 heteroatoms. The van der Waals surface area contributed by atoms with E-state index in [4.69, 9.17) is 5.73 Å². The number of benzene rings is 1. The molecule has 0 saturated carbocycles. The maximum Gasteiger partial charge on any atom is 0.251 e. The quantitative estimate of drug-likeness (QED) is 0.716. The Labute approximate surface area is 106 Å². The summed E-state index contributed by atoms with van der Waals surface area (Å²) in [5, 5.41) is 6.18. The Morgan fingerprint density at radius 2 is 2.11 bits per heavy atom. The van der Waals surface area contributed by atoms with Gasteiger partial charge in [0.1, 0.15) is 0 Å².